The molecule has 0 aliphatic rings. The third-order valence-electron chi connectivity index (χ3n) is 10.6. The Hall–Kier alpha value is -1.02. The summed E-state index contributed by atoms with van der Waals surface area (Å²) in [6, 6.07) is 0. The number of phosphoric acid groups is 1. The van der Waals surface area contributed by atoms with E-state index in [9.17, 15) is 14.3 Å². The number of carbonyl (C=O) groups is 1. The zero-order chi connectivity index (χ0) is 41.6. The van der Waals surface area contributed by atoms with Crippen LogP contribution in [0.2, 0.25) is 0 Å². The van der Waals surface area contributed by atoms with E-state index in [0.717, 1.165) is 32.1 Å². The van der Waals surface area contributed by atoms with E-state index in [-0.39, 0.29) is 32.3 Å². The van der Waals surface area contributed by atoms with Crippen molar-refractivity contribution in [2.45, 2.75) is 245 Å². The number of carbonyl (C=O) groups excluding carboxylic acids is 1. The van der Waals surface area contributed by atoms with Crippen LogP contribution < -0.4 is 5.73 Å². The van der Waals surface area contributed by atoms with E-state index in [1.54, 1.807) is 0 Å². The van der Waals surface area contributed by atoms with E-state index in [0.29, 0.717) is 13.0 Å². The predicted octanol–water partition coefficient (Wildman–Crippen LogP) is 14.8. The number of rotatable bonds is 47. The van der Waals surface area contributed by atoms with E-state index in [4.69, 9.17) is 24.3 Å². The van der Waals surface area contributed by atoms with Gasteiger partial charge in [0.2, 0.25) is 0 Å². The number of phosphoric ester groups is 1. The molecule has 0 bridgehead atoms. The zero-order valence-corrected chi connectivity index (χ0v) is 38.5. The Morgan fingerprint density at radius 2 is 0.877 bits per heavy atom. The lowest BCUT2D eigenvalue weighted by atomic mass is 10.0. The molecule has 8 nitrogen and oxygen atoms in total. The maximum Gasteiger partial charge on any atom is 0.472 e. The number of nitrogens with two attached hydrogens (primary N) is 1. The fourth-order valence-corrected chi connectivity index (χ4v) is 7.75. The van der Waals surface area contributed by atoms with E-state index < -0.39 is 13.9 Å². The van der Waals surface area contributed by atoms with Crippen LogP contribution in [0.15, 0.2) is 24.3 Å². The Balaban J connectivity index is 3.93. The van der Waals surface area contributed by atoms with Gasteiger partial charge in [-0.2, -0.15) is 0 Å². The number of allylic oxidation sites excluding steroid dienone is 4. The molecule has 0 radical (unpaired) electrons. The third kappa shape index (κ3) is 45.9. The van der Waals surface area contributed by atoms with Gasteiger partial charge in [0, 0.05) is 19.6 Å². The molecule has 0 aromatic carbocycles. The maximum absolute atomic E-state index is 12.6. The first kappa shape index (κ1) is 56.0. The summed E-state index contributed by atoms with van der Waals surface area (Å²) in [5.41, 5.74) is 5.38. The average molecular weight is 828 g/mol. The zero-order valence-electron chi connectivity index (χ0n) is 37.6. The van der Waals surface area contributed by atoms with Crippen molar-refractivity contribution in [1.82, 2.24) is 0 Å². The molecular weight excluding hydrogens is 734 g/mol. The van der Waals surface area contributed by atoms with Gasteiger partial charge in [-0.25, -0.2) is 4.57 Å². The van der Waals surface area contributed by atoms with Crippen molar-refractivity contribution in [3.8, 4) is 0 Å². The first-order chi connectivity index (χ1) is 27.9. The number of unbranched alkanes of at least 4 members (excludes halogenated alkanes) is 30. The Morgan fingerprint density at radius 1 is 0.509 bits per heavy atom. The van der Waals surface area contributed by atoms with Gasteiger partial charge in [-0.15, -0.1) is 0 Å². The van der Waals surface area contributed by atoms with Crippen molar-refractivity contribution >= 4 is 13.8 Å². The van der Waals surface area contributed by atoms with Crippen LogP contribution in [0.3, 0.4) is 0 Å². The highest BCUT2D eigenvalue weighted by atomic mass is 31.2. The van der Waals surface area contributed by atoms with Crippen molar-refractivity contribution in [2.24, 2.45) is 5.73 Å². The highest BCUT2D eigenvalue weighted by molar-refractivity contribution is 7.47. The molecule has 0 aliphatic carbocycles. The van der Waals surface area contributed by atoms with Crippen LogP contribution >= 0.6 is 7.82 Å². The molecule has 2 atom stereocenters. The normalized spacial score (nSPS) is 13.5. The SMILES string of the molecule is CCCCCCC/C=C\CCCCCCCCOCC(COP(=O)(O)OCCN)OC(=O)CCCCCCCCCCCCC/C=C\CCCCCCCCCC. The quantitative estimate of drug-likeness (QED) is 0.0270. The molecule has 0 rings (SSSR count). The monoisotopic (exact) mass is 828 g/mol. The highest BCUT2D eigenvalue weighted by Crippen LogP contribution is 2.43. The van der Waals surface area contributed by atoms with Gasteiger partial charge >= 0.3 is 13.8 Å². The largest absolute Gasteiger partial charge is 0.472 e. The van der Waals surface area contributed by atoms with E-state index in [2.05, 4.69) is 38.2 Å². The summed E-state index contributed by atoms with van der Waals surface area (Å²) in [6.07, 6.45) is 52.0. The Bertz CT molecular complexity index is 930. The van der Waals surface area contributed by atoms with Crippen LogP contribution in [-0.2, 0) is 27.9 Å². The van der Waals surface area contributed by atoms with Crippen LogP contribution in [0.25, 0.3) is 0 Å². The first-order valence-electron chi connectivity index (χ1n) is 24.3. The first-order valence-corrected chi connectivity index (χ1v) is 25.8. The second kappa shape index (κ2) is 46.1. The summed E-state index contributed by atoms with van der Waals surface area (Å²) in [4.78, 5) is 22.5. The van der Waals surface area contributed by atoms with Gasteiger partial charge in [0.25, 0.3) is 0 Å². The molecule has 0 aliphatic heterocycles. The number of ether oxygens (including phenoxy) is 2. The molecule has 0 fully saturated rings. The van der Waals surface area contributed by atoms with E-state index in [1.165, 1.54) is 186 Å². The van der Waals surface area contributed by atoms with Crippen molar-refractivity contribution in [1.29, 1.82) is 0 Å². The minimum absolute atomic E-state index is 0.0951. The number of esters is 1. The number of hydrogen-bond acceptors (Lipinski definition) is 7. The van der Waals surface area contributed by atoms with Crippen molar-refractivity contribution in [2.75, 3.05) is 33.0 Å². The summed E-state index contributed by atoms with van der Waals surface area (Å²) in [5.74, 6) is -0.330. The van der Waals surface area contributed by atoms with Crippen molar-refractivity contribution in [3.05, 3.63) is 24.3 Å². The maximum atomic E-state index is 12.6. The summed E-state index contributed by atoms with van der Waals surface area (Å²) in [5, 5.41) is 0. The van der Waals surface area contributed by atoms with Gasteiger partial charge in [0.05, 0.1) is 19.8 Å². The van der Waals surface area contributed by atoms with Crippen molar-refractivity contribution in [3.63, 3.8) is 0 Å². The number of hydrogen-bond donors (Lipinski definition) is 2. The highest BCUT2D eigenvalue weighted by Gasteiger charge is 2.25. The molecule has 338 valence electrons. The van der Waals surface area contributed by atoms with Gasteiger partial charge < -0.3 is 20.1 Å². The van der Waals surface area contributed by atoms with Gasteiger partial charge in [0.15, 0.2) is 0 Å². The molecule has 0 aromatic rings. The summed E-state index contributed by atoms with van der Waals surface area (Å²) in [6.45, 7) is 4.94. The molecule has 9 heteroatoms. The van der Waals surface area contributed by atoms with Crippen LogP contribution in [0, 0.1) is 0 Å². The summed E-state index contributed by atoms with van der Waals surface area (Å²) >= 11 is 0. The summed E-state index contributed by atoms with van der Waals surface area (Å²) in [7, 11) is -4.28. The predicted molar refractivity (Wildman–Crippen MR) is 243 cm³/mol. The van der Waals surface area contributed by atoms with Gasteiger partial charge in [0.1, 0.15) is 6.10 Å². The molecule has 3 N–H and O–H groups in total. The molecule has 0 amide bonds. The van der Waals surface area contributed by atoms with Gasteiger partial charge in [-0.1, -0.05) is 192 Å². The lowest BCUT2D eigenvalue weighted by Gasteiger charge is -2.20. The van der Waals surface area contributed by atoms with Crippen molar-refractivity contribution < 1.29 is 32.8 Å². The molecule has 0 aromatic heterocycles. The van der Waals surface area contributed by atoms with Crippen LogP contribution in [0.4, 0.5) is 0 Å². The minimum Gasteiger partial charge on any atom is -0.457 e. The standard InChI is InChI=1S/C48H94NO7P/c1-3-5-7-9-11-13-15-17-19-20-21-22-23-24-25-26-27-29-31-33-35-37-39-41-48(50)56-47(46-55-57(51,52)54-44-42-49)45-53-43-40-38-36-34-32-30-28-18-16-14-12-10-8-6-4-2/h16,18,20-21,47H,3-15,17,19,22-46,49H2,1-2H3,(H,51,52)/b18-16-,21-20-. The molecule has 0 saturated heterocycles. The van der Waals surface area contributed by atoms with Gasteiger partial charge in [-0.3, -0.25) is 13.8 Å². The molecule has 0 spiro atoms. The van der Waals surface area contributed by atoms with E-state index in [1.807, 2.05) is 0 Å². The fourth-order valence-electron chi connectivity index (χ4n) is 6.99. The molecule has 0 heterocycles. The lowest BCUT2D eigenvalue weighted by Crippen LogP contribution is -2.28. The second-order valence-electron chi connectivity index (χ2n) is 16.3. The molecule has 2 unspecified atom stereocenters. The summed E-state index contributed by atoms with van der Waals surface area (Å²) < 4.78 is 33.5. The molecule has 57 heavy (non-hydrogen) atoms. The Morgan fingerprint density at radius 3 is 1.28 bits per heavy atom. The Kier molecular flexibility index (Phi) is 45.2. The van der Waals surface area contributed by atoms with Gasteiger partial charge in [-0.05, 0) is 64.2 Å². The van der Waals surface area contributed by atoms with Crippen LogP contribution in [-0.4, -0.2) is 49.9 Å². The topological polar surface area (TPSA) is 117 Å². The molecular formula is C48H94NO7P. The lowest BCUT2D eigenvalue weighted by molar-refractivity contribution is -0.154. The minimum atomic E-state index is -4.28. The van der Waals surface area contributed by atoms with E-state index >= 15 is 0 Å². The third-order valence-corrected chi connectivity index (χ3v) is 11.6. The van der Waals surface area contributed by atoms with Crippen LogP contribution in [0.1, 0.15) is 239 Å². The average Bonchev–Trinajstić information content (AvgIpc) is 3.20. The Labute approximate surface area is 353 Å². The second-order valence-corrected chi connectivity index (χ2v) is 17.8. The fraction of sp³-hybridized carbons (Fsp3) is 0.896. The smallest absolute Gasteiger partial charge is 0.457 e. The molecule has 0 saturated carbocycles. The van der Waals surface area contributed by atoms with Crippen LogP contribution in [0.5, 0.6) is 0 Å².